The number of benzene rings is 1. The summed E-state index contributed by atoms with van der Waals surface area (Å²) in [5, 5.41) is 2.96. The molecule has 0 radical (unpaired) electrons. The Kier molecular flexibility index (Phi) is 3.43. The molecule has 0 aliphatic carbocycles. The van der Waals surface area contributed by atoms with Crippen molar-refractivity contribution in [1.82, 2.24) is 5.32 Å². The largest absolute Gasteiger partial charge is 0.459 e. The quantitative estimate of drug-likeness (QED) is 0.847. The summed E-state index contributed by atoms with van der Waals surface area (Å²) in [6.45, 7) is 1.87. The number of hydrogen-bond acceptors (Lipinski definition) is 2. The zero-order chi connectivity index (χ0) is 13.3. The minimum absolute atomic E-state index is 0.0490. The Balaban J connectivity index is 2.43. The lowest BCUT2D eigenvalue weighted by molar-refractivity contribution is 0.453. The second-order valence-corrected chi connectivity index (χ2v) is 3.96. The molecule has 0 aliphatic heterocycles. The first-order valence-corrected chi connectivity index (χ1v) is 5.45. The standard InChI is InChI=1S/C13H12F3NO/c1-7(17-2)12-3-4-13(18-12)8-5-10(15)11(16)6-9(8)14/h3-7,17H,1-2H3. The third-order valence-electron chi connectivity index (χ3n) is 2.76. The minimum atomic E-state index is -1.22. The Morgan fingerprint density at radius 2 is 1.72 bits per heavy atom. The van der Waals surface area contributed by atoms with Gasteiger partial charge in [0, 0.05) is 6.07 Å². The maximum absolute atomic E-state index is 13.5. The Hall–Kier alpha value is -1.75. The first-order valence-electron chi connectivity index (χ1n) is 5.45. The van der Waals surface area contributed by atoms with E-state index in [1.807, 2.05) is 6.92 Å². The SMILES string of the molecule is CNC(C)c1ccc(-c2cc(F)c(F)cc2F)o1. The van der Waals surface area contributed by atoms with Crippen LogP contribution in [0.5, 0.6) is 0 Å². The Morgan fingerprint density at radius 1 is 1.06 bits per heavy atom. The van der Waals surface area contributed by atoms with Crippen LogP contribution in [0.25, 0.3) is 11.3 Å². The van der Waals surface area contributed by atoms with Crippen molar-refractivity contribution in [2.24, 2.45) is 0 Å². The molecule has 0 amide bonds. The molecule has 1 aromatic carbocycles. The molecule has 2 nitrogen and oxygen atoms in total. The molecular weight excluding hydrogens is 243 g/mol. The van der Waals surface area contributed by atoms with Gasteiger partial charge in [-0.15, -0.1) is 0 Å². The highest BCUT2D eigenvalue weighted by atomic mass is 19.2. The number of hydrogen-bond donors (Lipinski definition) is 1. The van der Waals surface area contributed by atoms with Crippen molar-refractivity contribution in [3.05, 3.63) is 47.5 Å². The van der Waals surface area contributed by atoms with Crippen molar-refractivity contribution in [3.63, 3.8) is 0 Å². The predicted octanol–water partition coefficient (Wildman–Crippen LogP) is 3.64. The van der Waals surface area contributed by atoms with E-state index in [1.165, 1.54) is 6.07 Å². The van der Waals surface area contributed by atoms with E-state index in [1.54, 1.807) is 13.1 Å². The van der Waals surface area contributed by atoms with Gasteiger partial charge in [0.05, 0.1) is 11.6 Å². The number of rotatable bonds is 3. The van der Waals surface area contributed by atoms with Crippen LogP contribution < -0.4 is 5.32 Å². The molecule has 96 valence electrons. The smallest absolute Gasteiger partial charge is 0.161 e. The first-order chi connectivity index (χ1) is 8.52. The van der Waals surface area contributed by atoms with Gasteiger partial charge in [-0.2, -0.15) is 0 Å². The summed E-state index contributed by atoms with van der Waals surface area (Å²) in [7, 11) is 1.75. The Labute approximate surface area is 102 Å². The fourth-order valence-corrected chi connectivity index (χ4v) is 1.58. The topological polar surface area (TPSA) is 25.2 Å². The lowest BCUT2D eigenvalue weighted by atomic mass is 10.1. The van der Waals surface area contributed by atoms with Crippen molar-refractivity contribution < 1.29 is 17.6 Å². The van der Waals surface area contributed by atoms with Crippen LogP contribution in [0.3, 0.4) is 0 Å². The van der Waals surface area contributed by atoms with Crippen LogP contribution in [0.4, 0.5) is 13.2 Å². The van der Waals surface area contributed by atoms with E-state index in [9.17, 15) is 13.2 Å². The van der Waals surface area contributed by atoms with E-state index in [-0.39, 0.29) is 17.4 Å². The number of nitrogens with one attached hydrogen (secondary N) is 1. The van der Waals surface area contributed by atoms with E-state index in [0.29, 0.717) is 11.8 Å². The van der Waals surface area contributed by atoms with Gasteiger partial charge in [0.1, 0.15) is 17.3 Å². The molecule has 1 aromatic heterocycles. The average molecular weight is 255 g/mol. The fraction of sp³-hybridized carbons (Fsp3) is 0.231. The molecule has 0 saturated heterocycles. The van der Waals surface area contributed by atoms with Crippen LogP contribution in [-0.2, 0) is 0 Å². The third-order valence-corrected chi connectivity index (χ3v) is 2.76. The van der Waals surface area contributed by atoms with Gasteiger partial charge >= 0.3 is 0 Å². The van der Waals surface area contributed by atoms with Gasteiger partial charge in [0.2, 0.25) is 0 Å². The zero-order valence-corrected chi connectivity index (χ0v) is 9.93. The second-order valence-electron chi connectivity index (χ2n) is 3.96. The van der Waals surface area contributed by atoms with E-state index in [0.717, 1.165) is 6.07 Å². The highest BCUT2D eigenvalue weighted by Crippen LogP contribution is 2.28. The highest BCUT2D eigenvalue weighted by Gasteiger charge is 2.16. The van der Waals surface area contributed by atoms with Gasteiger partial charge in [-0.3, -0.25) is 0 Å². The van der Waals surface area contributed by atoms with Crippen LogP contribution >= 0.6 is 0 Å². The van der Waals surface area contributed by atoms with Crippen molar-refractivity contribution in [2.45, 2.75) is 13.0 Å². The van der Waals surface area contributed by atoms with Crippen LogP contribution in [0, 0.1) is 17.5 Å². The van der Waals surface area contributed by atoms with Gasteiger partial charge in [0.15, 0.2) is 11.6 Å². The van der Waals surface area contributed by atoms with E-state index in [2.05, 4.69) is 5.32 Å². The van der Waals surface area contributed by atoms with Gasteiger partial charge in [-0.05, 0) is 32.2 Å². The molecule has 2 aromatic rings. The molecule has 1 N–H and O–H groups in total. The molecule has 0 aliphatic rings. The van der Waals surface area contributed by atoms with Crippen LogP contribution in [0.2, 0.25) is 0 Å². The number of halogens is 3. The van der Waals surface area contributed by atoms with Gasteiger partial charge in [-0.1, -0.05) is 0 Å². The predicted molar refractivity (Wildman–Crippen MR) is 61.5 cm³/mol. The maximum Gasteiger partial charge on any atom is 0.161 e. The van der Waals surface area contributed by atoms with Crippen LogP contribution in [0.1, 0.15) is 18.7 Å². The molecule has 0 spiro atoms. The molecule has 18 heavy (non-hydrogen) atoms. The van der Waals surface area contributed by atoms with Crippen molar-refractivity contribution >= 4 is 0 Å². The third kappa shape index (κ3) is 2.26. The van der Waals surface area contributed by atoms with Gasteiger partial charge in [0.25, 0.3) is 0 Å². The zero-order valence-electron chi connectivity index (χ0n) is 9.93. The minimum Gasteiger partial charge on any atom is -0.459 e. The van der Waals surface area contributed by atoms with Crippen molar-refractivity contribution in [3.8, 4) is 11.3 Å². The lowest BCUT2D eigenvalue weighted by Gasteiger charge is -2.06. The van der Waals surface area contributed by atoms with E-state index in [4.69, 9.17) is 4.42 Å². The molecule has 1 heterocycles. The molecule has 1 atom stereocenters. The summed E-state index contributed by atoms with van der Waals surface area (Å²) in [6.07, 6.45) is 0. The van der Waals surface area contributed by atoms with Crippen LogP contribution in [0.15, 0.2) is 28.7 Å². The molecule has 5 heteroatoms. The summed E-state index contributed by atoms with van der Waals surface area (Å²) >= 11 is 0. The molecule has 0 fully saturated rings. The van der Waals surface area contributed by atoms with E-state index >= 15 is 0 Å². The fourth-order valence-electron chi connectivity index (χ4n) is 1.58. The molecule has 2 rings (SSSR count). The first kappa shape index (κ1) is 12.7. The molecule has 0 saturated carbocycles. The number of furan rings is 1. The summed E-state index contributed by atoms with van der Waals surface area (Å²) in [5.41, 5.74) is -0.0940. The van der Waals surface area contributed by atoms with Gasteiger partial charge < -0.3 is 9.73 Å². The summed E-state index contributed by atoms with van der Waals surface area (Å²) in [5.74, 6) is -2.41. The van der Waals surface area contributed by atoms with Crippen molar-refractivity contribution in [1.29, 1.82) is 0 Å². The molecular formula is C13H12F3NO. The Bertz CT molecular complexity index is 565. The normalized spacial score (nSPS) is 12.7. The monoisotopic (exact) mass is 255 g/mol. The maximum atomic E-state index is 13.5. The van der Waals surface area contributed by atoms with Gasteiger partial charge in [-0.25, -0.2) is 13.2 Å². The summed E-state index contributed by atoms with van der Waals surface area (Å²) in [6, 6.07) is 4.44. The second kappa shape index (κ2) is 4.86. The molecule has 0 bridgehead atoms. The average Bonchev–Trinajstić information content (AvgIpc) is 2.82. The Morgan fingerprint density at radius 3 is 2.39 bits per heavy atom. The van der Waals surface area contributed by atoms with Crippen molar-refractivity contribution in [2.75, 3.05) is 7.05 Å². The van der Waals surface area contributed by atoms with E-state index < -0.39 is 17.5 Å². The highest BCUT2D eigenvalue weighted by molar-refractivity contribution is 5.58. The lowest BCUT2D eigenvalue weighted by Crippen LogP contribution is -2.11. The molecule has 1 unspecified atom stereocenters. The van der Waals surface area contributed by atoms with Crippen LogP contribution in [-0.4, -0.2) is 7.05 Å². The summed E-state index contributed by atoms with van der Waals surface area (Å²) in [4.78, 5) is 0. The summed E-state index contributed by atoms with van der Waals surface area (Å²) < 4.78 is 44.8.